The van der Waals surface area contributed by atoms with Gasteiger partial charge in [-0.05, 0) is 84.9 Å². The number of nitrogens with zero attached hydrogens (tertiary/aromatic N) is 1. The molecule has 0 saturated carbocycles. The highest BCUT2D eigenvalue weighted by atomic mass is 35.5. The summed E-state index contributed by atoms with van der Waals surface area (Å²) in [4.78, 5) is 49.9. The quantitative estimate of drug-likeness (QED) is 0.106. The molecule has 0 unspecified atom stereocenters. The fourth-order valence-corrected chi connectivity index (χ4v) is 3.74. The van der Waals surface area contributed by atoms with E-state index in [1.807, 2.05) is 0 Å². The average molecular weight is 620 g/mol. The largest absolute Gasteiger partial charge is 0.497 e. The lowest BCUT2D eigenvalue weighted by atomic mass is 10.2. The van der Waals surface area contributed by atoms with E-state index in [1.54, 1.807) is 36.4 Å². The fraction of sp³-hybridized carbons (Fsp3) is 0.0645. The highest BCUT2D eigenvalue weighted by Gasteiger charge is 2.15. The molecular weight excluding hydrogens is 597 g/mol. The van der Waals surface area contributed by atoms with Gasteiger partial charge in [0, 0.05) is 27.2 Å². The number of nitrogens with one attached hydrogen (secondary N) is 2. The van der Waals surface area contributed by atoms with E-state index in [0.717, 1.165) is 0 Å². The van der Waals surface area contributed by atoms with Crippen molar-refractivity contribution in [1.29, 1.82) is 0 Å². The highest BCUT2D eigenvalue weighted by Crippen LogP contribution is 2.26. The summed E-state index contributed by atoms with van der Waals surface area (Å²) in [5.41, 5.74) is 3.39. The number of rotatable bonds is 10. The summed E-state index contributed by atoms with van der Waals surface area (Å²) in [5, 5.41) is 7.28. The third-order valence-electron chi connectivity index (χ3n) is 5.71. The molecule has 0 aliphatic heterocycles. The maximum absolute atomic E-state index is 12.8. The van der Waals surface area contributed by atoms with Gasteiger partial charge in [0.15, 0.2) is 0 Å². The Bertz CT molecular complexity index is 1660. The fourth-order valence-electron chi connectivity index (χ4n) is 3.49. The zero-order valence-corrected chi connectivity index (χ0v) is 24.0. The first-order chi connectivity index (χ1) is 20.7. The molecule has 2 amide bonds. The standard InChI is InChI=1S/C31H23Cl2N3O7/c1-41-25-13-6-19(7-14-25)29(38)34-18-28(37)36-35-17-22-8-15-26(42-30(39)20-2-9-23(32)10-3-20)16-27(22)43-31(40)21-4-11-24(33)12-5-21/h2-17H,18H2,1H3,(H,34,38)(H,36,37). The van der Waals surface area contributed by atoms with Gasteiger partial charge in [-0.1, -0.05) is 23.2 Å². The van der Waals surface area contributed by atoms with E-state index in [-0.39, 0.29) is 34.7 Å². The van der Waals surface area contributed by atoms with Crippen molar-refractivity contribution in [3.63, 3.8) is 0 Å². The second-order valence-corrected chi connectivity index (χ2v) is 9.57. The van der Waals surface area contributed by atoms with Gasteiger partial charge in [-0.2, -0.15) is 5.10 Å². The van der Waals surface area contributed by atoms with E-state index in [2.05, 4.69) is 15.8 Å². The van der Waals surface area contributed by atoms with Crippen molar-refractivity contribution in [3.8, 4) is 17.2 Å². The topological polar surface area (TPSA) is 132 Å². The van der Waals surface area contributed by atoms with Crippen LogP contribution < -0.4 is 25.0 Å². The van der Waals surface area contributed by atoms with Gasteiger partial charge in [-0.3, -0.25) is 9.59 Å². The molecule has 4 aromatic rings. The van der Waals surface area contributed by atoms with Gasteiger partial charge >= 0.3 is 11.9 Å². The molecule has 4 rings (SSSR count). The molecule has 2 N–H and O–H groups in total. The molecule has 4 aromatic carbocycles. The number of halogens is 2. The molecule has 0 atom stereocenters. The van der Waals surface area contributed by atoms with Gasteiger partial charge in [0.05, 0.1) is 31.0 Å². The van der Waals surface area contributed by atoms with Crippen molar-refractivity contribution in [2.75, 3.05) is 13.7 Å². The van der Waals surface area contributed by atoms with E-state index in [1.165, 1.54) is 67.9 Å². The lowest BCUT2D eigenvalue weighted by molar-refractivity contribution is -0.120. The minimum atomic E-state index is -0.710. The number of amides is 2. The molecule has 0 heterocycles. The maximum atomic E-state index is 12.8. The van der Waals surface area contributed by atoms with E-state index in [4.69, 9.17) is 37.4 Å². The number of hydrogen-bond acceptors (Lipinski definition) is 8. The number of hydrogen-bond donors (Lipinski definition) is 2. The van der Waals surface area contributed by atoms with Gasteiger partial charge in [0.2, 0.25) is 0 Å². The second-order valence-electron chi connectivity index (χ2n) is 8.70. The van der Waals surface area contributed by atoms with E-state index < -0.39 is 23.8 Å². The number of ether oxygens (including phenoxy) is 3. The number of esters is 2. The Morgan fingerprint density at radius 2 is 1.26 bits per heavy atom. The van der Waals surface area contributed by atoms with Crippen LogP contribution in [0.5, 0.6) is 17.2 Å². The number of methoxy groups -OCH3 is 1. The number of carbonyl (C=O) groups excluding carboxylic acids is 4. The predicted molar refractivity (Wildman–Crippen MR) is 160 cm³/mol. The van der Waals surface area contributed by atoms with Gasteiger partial charge in [0.1, 0.15) is 17.2 Å². The molecular formula is C31H23Cl2N3O7. The first-order valence-corrected chi connectivity index (χ1v) is 13.3. The second kappa shape index (κ2) is 14.6. The zero-order valence-electron chi connectivity index (χ0n) is 22.5. The van der Waals surface area contributed by atoms with Gasteiger partial charge in [-0.15, -0.1) is 0 Å². The van der Waals surface area contributed by atoms with Crippen LogP contribution in [0.3, 0.4) is 0 Å². The molecule has 0 bridgehead atoms. The first-order valence-electron chi connectivity index (χ1n) is 12.6. The third kappa shape index (κ3) is 8.90. The van der Waals surface area contributed by atoms with Gasteiger partial charge in [-0.25, -0.2) is 15.0 Å². The van der Waals surface area contributed by atoms with Crippen LogP contribution in [-0.2, 0) is 4.79 Å². The van der Waals surface area contributed by atoms with E-state index in [0.29, 0.717) is 21.4 Å². The normalized spacial score (nSPS) is 10.6. The maximum Gasteiger partial charge on any atom is 0.343 e. The predicted octanol–water partition coefficient (Wildman–Crippen LogP) is 5.32. The van der Waals surface area contributed by atoms with Crippen molar-refractivity contribution >= 4 is 53.2 Å². The Morgan fingerprint density at radius 3 is 1.84 bits per heavy atom. The molecule has 0 spiro atoms. The van der Waals surface area contributed by atoms with Crippen LogP contribution in [0.2, 0.25) is 10.0 Å². The number of benzene rings is 4. The van der Waals surface area contributed by atoms with Crippen molar-refractivity contribution in [2.45, 2.75) is 0 Å². The molecule has 12 heteroatoms. The summed E-state index contributed by atoms with van der Waals surface area (Å²) < 4.78 is 16.0. The Hall–Kier alpha value is -5.19. The highest BCUT2D eigenvalue weighted by molar-refractivity contribution is 6.31. The molecule has 0 radical (unpaired) electrons. The first kappa shape index (κ1) is 30.8. The van der Waals surface area contributed by atoms with Crippen LogP contribution in [0.25, 0.3) is 0 Å². The minimum absolute atomic E-state index is 0.00726. The van der Waals surface area contributed by atoms with E-state index in [9.17, 15) is 19.2 Å². The average Bonchev–Trinajstić information content (AvgIpc) is 3.01. The Morgan fingerprint density at radius 1 is 0.721 bits per heavy atom. The number of carbonyl (C=O) groups is 4. The van der Waals surface area contributed by atoms with Crippen LogP contribution in [0, 0.1) is 0 Å². The third-order valence-corrected chi connectivity index (χ3v) is 6.22. The lowest BCUT2D eigenvalue weighted by Gasteiger charge is -2.11. The summed E-state index contributed by atoms with van der Waals surface area (Å²) in [6.45, 7) is -0.347. The van der Waals surface area contributed by atoms with E-state index >= 15 is 0 Å². The summed E-state index contributed by atoms with van der Waals surface area (Å²) in [6.07, 6.45) is 1.23. The van der Waals surface area contributed by atoms with Gasteiger partial charge in [0.25, 0.3) is 11.8 Å². The Labute approximate surface area is 256 Å². The van der Waals surface area contributed by atoms with Crippen molar-refractivity contribution < 1.29 is 33.4 Å². The van der Waals surface area contributed by atoms with Crippen molar-refractivity contribution in [3.05, 3.63) is 123 Å². The van der Waals surface area contributed by atoms with Gasteiger partial charge < -0.3 is 19.5 Å². The summed E-state index contributed by atoms with van der Waals surface area (Å²) in [5.74, 6) is -1.76. The summed E-state index contributed by atoms with van der Waals surface area (Å²) in [7, 11) is 1.51. The molecule has 0 aliphatic carbocycles. The minimum Gasteiger partial charge on any atom is -0.497 e. The van der Waals surface area contributed by atoms with Crippen LogP contribution in [-0.4, -0.2) is 43.6 Å². The molecule has 43 heavy (non-hydrogen) atoms. The molecule has 10 nitrogen and oxygen atoms in total. The monoisotopic (exact) mass is 619 g/mol. The molecule has 0 aromatic heterocycles. The van der Waals surface area contributed by atoms with Crippen LogP contribution >= 0.6 is 23.2 Å². The summed E-state index contributed by atoms with van der Waals surface area (Å²) in [6, 6.07) is 22.8. The van der Waals surface area contributed by atoms with Crippen molar-refractivity contribution in [1.82, 2.24) is 10.7 Å². The van der Waals surface area contributed by atoms with Crippen LogP contribution in [0.1, 0.15) is 36.6 Å². The van der Waals surface area contributed by atoms with Crippen LogP contribution in [0.4, 0.5) is 0 Å². The Kier molecular flexibility index (Phi) is 10.5. The van der Waals surface area contributed by atoms with Crippen molar-refractivity contribution in [2.24, 2.45) is 5.10 Å². The zero-order chi connectivity index (χ0) is 30.8. The molecule has 218 valence electrons. The molecule has 0 aliphatic rings. The number of hydrazone groups is 1. The SMILES string of the molecule is COc1ccc(C(=O)NCC(=O)NN=Cc2ccc(OC(=O)c3ccc(Cl)cc3)cc2OC(=O)c2ccc(Cl)cc2)cc1. The molecule has 0 saturated heterocycles. The van der Waals surface area contributed by atoms with Crippen LogP contribution in [0.15, 0.2) is 96.1 Å². The smallest absolute Gasteiger partial charge is 0.343 e. The lowest BCUT2D eigenvalue weighted by Crippen LogP contribution is -2.34. The molecule has 0 fully saturated rings. The Balaban J connectivity index is 1.44. The summed E-state index contributed by atoms with van der Waals surface area (Å²) >= 11 is 11.8.